The Morgan fingerprint density at radius 3 is 3.18 bits per heavy atom. The molecule has 17 heavy (non-hydrogen) atoms. The molecule has 0 saturated heterocycles. The van der Waals surface area contributed by atoms with Crippen molar-refractivity contribution in [1.82, 2.24) is 9.38 Å². The zero-order chi connectivity index (χ0) is 11.7. The monoisotopic (exact) mass is 229 g/mol. The van der Waals surface area contributed by atoms with Crippen molar-refractivity contribution in [3.05, 3.63) is 30.6 Å². The summed E-state index contributed by atoms with van der Waals surface area (Å²) in [6.07, 6.45) is 8.01. The minimum Gasteiger partial charge on any atom is -0.371 e. The Balaban J connectivity index is 1.74. The lowest BCUT2D eigenvalue weighted by Crippen LogP contribution is -2.17. The maximum atomic E-state index is 4.30. The molecule has 3 rings (SSSR count). The van der Waals surface area contributed by atoms with Gasteiger partial charge in [0.05, 0.1) is 0 Å². The number of fused-ring (bicyclic) bond motifs is 1. The van der Waals surface area contributed by atoms with E-state index in [0.717, 1.165) is 29.8 Å². The second-order valence-corrected chi connectivity index (χ2v) is 5.12. The summed E-state index contributed by atoms with van der Waals surface area (Å²) in [5, 5.41) is 3.57. The van der Waals surface area contributed by atoms with Crippen molar-refractivity contribution in [2.45, 2.75) is 26.2 Å². The van der Waals surface area contributed by atoms with E-state index in [-0.39, 0.29) is 0 Å². The van der Waals surface area contributed by atoms with Gasteiger partial charge in [-0.05, 0) is 30.4 Å². The number of rotatable bonds is 3. The molecule has 0 aliphatic heterocycles. The fraction of sp³-hybridized carbons (Fsp3) is 0.500. The van der Waals surface area contributed by atoms with Gasteiger partial charge in [-0.15, -0.1) is 0 Å². The van der Waals surface area contributed by atoms with Crippen LogP contribution in [0, 0.1) is 11.8 Å². The molecule has 1 aliphatic rings. The minimum atomic E-state index is 0.828. The summed E-state index contributed by atoms with van der Waals surface area (Å²) in [6.45, 7) is 3.45. The first kappa shape index (κ1) is 10.6. The van der Waals surface area contributed by atoms with Crippen LogP contribution in [0.2, 0.25) is 0 Å². The zero-order valence-electron chi connectivity index (χ0n) is 10.3. The van der Waals surface area contributed by atoms with Crippen LogP contribution in [0.25, 0.3) is 5.65 Å². The summed E-state index contributed by atoms with van der Waals surface area (Å²) >= 11 is 0. The molecule has 90 valence electrons. The molecule has 0 spiro atoms. The molecule has 1 aliphatic carbocycles. The molecule has 2 aromatic rings. The third-order valence-corrected chi connectivity index (χ3v) is 4.01. The Hall–Kier alpha value is -1.51. The summed E-state index contributed by atoms with van der Waals surface area (Å²) in [4.78, 5) is 4.30. The highest BCUT2D eigenvalue weighted by molar-refractivity contribution is 5.49. The van der Waals surface area contributed by atoms with Crippen LogP contribution in [0.5, 0.6) is 0 Å². The van der Waals surface area contributed by atoms with Crippen molar-refractivity contribution < 1.29 is 0 Å². The first-order chi connectivity index (χ1) is 8.34. The topological polar surface area (TPSA) is 29.3 Å². The van der Waals surface area contributed by atoms with Gasteiger partial charge in [0.15, 0.2) is 0 Å². The molecule has 3 heteroatoms. The molecule has 1 N–H and O–H groups in total. The number of hydrogen-bond donors (Lipinski definition) is 1. The van der Waals surface area contributed by atoms with Crippen LogP contribution < -0.4 is 5.32 Å². The molecular weight excluding hydrogens is 210 g/mol. The van der Waals surface area contributed by atoms with Crippen LogP contribution in [0.1, 0.15) is 26.2 Å². The van der Waals surface area contributed by atoms with Crippen LogP contribution in [-0.4, -0.2) is 15.9 Å². The van der Waals surface area contributed by atoms with Gasteiger partial charge in [0.25, 0.3) is 0 Å². The normalized spacial score (nSPS) is 24.3. The van der Waals surface area contributed by atoms with E-state index in [2.05, 4.69) is 33.8 Å². The van der Waals surface area contributed by atoms with Gasteiger partial charge in [-0.1, -0.05) is 25.8 Å². The second kappa shape index (κ2) is 4.40. The predicted octanol–water partition coefficient (Wildman–Crippen LogP) is 3.18. The Labute approximate surface area is 102 Å². The van der Waals surface area contributed by atoms with E-state index < -0.39 is 0 Å². The van der Waals surface area contributed by atoms with Crippen molar-refractivity contribution in [1.29, 1.82) is 0 Å². The summed E-state index contributed by atoms with van der Waals surface area (Å²) in [5.41, 5.74) is 1.01. The summed E-state index contributed by atoms with van der Waals surface area (Å²) in [6, 6.07) is 6.21. The van der Waals surface area contributed by atoms with Crippen molar-refractivity contribution in [2.75, 3.05) is 11.9 Å². The lowest BCUT2D eigenvalue weighted by atomic mass is 9.98. The Morgan fingerprint density at radius 2 is 2.35 bits per heavy atom. The van der Waals surface area contributed by atoms with Gasteiger partial charge < -0.3 is 5.32 Å². The number of aromatic nitrogens is 2. The maximum absolute atomic E-state index is 4.30. The van der Waals surface area contributed by atoms with Gasteiger partial charge in [0, 0.05) is 18.9 Å². The van der Waals surface area contributed by atoms with E-state index >= 15 is 0 Å². The van der Waals surface area contributed by atoms with E-state index in [1.165, 1.54) is 19.3 Å². The van der Waals surface area contributed by atoms with Crippen LogP contribution in [0.15, 0.2) is 30.6 Å². The third kappa shape index (κ3) is 2.02. The number of imidazole rings is 1. The molecule has 1 fully saturated rings. The van der Waals surface area contributed by atoms with Crippen molar-refractivity contribution >= 4 is 11.5 Å². The second-order valence-electron chi connectivity index (χ2n) is 5.12. The first-order valence-electron chi connectivity index (χ1n) is 6.50. The van der Waals surface area contributed by atoms with Gasteiger partial charge in [-0.25, -0.2) is 4.98 Å². The molecule has 2 atom stereocenters. The number of nitrogens with one attached hydrogen (secondary N) is 1. The maximum Gasteiger partial charge on any atom is 0.138 e. The average molecular weight is 229 g/mol. The first-order valence-corrected chi connectivity index (χ1v) is 6.50. The molecule has 2 aromatic heterocycles. The Morgan fingerprint density at radius 1 is 1.41 bits per heavy atom. The molecular formula is C14H19N3. The van der Waals surface area contributed by atoms with E-state index in [1.807, 2.05) is 18.5 Å². The highest BCUT2D eigenvalue weighted by Crippen LogP contribution is 2.31. The Kier molecular flexibility index (Phi) is 2.75. The number of nitrogens with zero attached hydrogens (tertiary/aromatic N) is 2. The van der Waals surface area contributed by atoms with Crippen LogP contribution in [0.4, 0.5) is 5.82 Å². The van der Waals surface area contributed by atoms with Crippen molar-refractivity contribution in [2.24, 2.45) is 11.8 Å². The zero-order valence-corrected chi connectivity index (χ0v) is 10.3. The third-order valence-electron chi connectivity index (χ3n) is 4.01. The number of anilines is 1. The highest BCUT2D eigenvalue weighted by atomic mass is 15.1. The fourth-order valence-electron chi connectivity index (χ4n) is 2.85. The van der Waals surface area contributed by atoms with E-state index in [1.54, 1.807) is 0 Å². The van der Waals surface area contributed by atoms with Crippen LogP contribution in [0.3, 0.4) is 0 Å². The largest absolute Gasteiger partial charge is 0.371 e. The molecule has 0 bridgehead atoms. The molecule has 0 radical (unpaired) electrons. The quantitative estimate of drug-likeness (QED) is 0.876. The molecule has 0 amide bonds. The van der Waals surface area contributed by atoms with E-state index in [4.69, 9.17) is 0 Å². The van der Waals surface area contributed by atoms with Crippen LogP contribution in [-0.2, 0) is 0 Å². The summed E-state index contributed by atoms with van der Waals surface area (Å²) in [5.74, 6) is 2.84. The molecule has 1 saturated carbocycles. The molecule has 2 heterocycles. The van der Waals surface area contributed by atoms with Crippen molar-refractivity contribution in [3.63, 3.8) is 0 Å². The lowest BCUT2D eigenvalue weighted by molar-refractivity contribution is 0.439. The van der Waals surface area contributed by atoms with Crippen molar-refractivity contribution in [3.8, 4) is 0 Å². The number of pyridine rings is 1. The van der Waals surface area contributed by atoms with Gasteiger partial charge in [0.1, 0.15) is 11.5 Å². The van der Waals surface area contributed by atoms with Gasteiger partial charge >= 0.3 is 0 Å². The summed E-state index contributed by atoms with van der Waals surface area (Å²) in [7, 11) is 0. The Bertz CT molecular complexity index is 503. The van der Waals surface area contributed by atoms with E-state index in [9.17, 15) is 0 Å². The highest BCUT2D eigenvalue weighted by Gasteiger charge is 2.22. The lowest BCUT2D eigenvalue weighted by Gasteiger charge is -2.17. The molecule has 0 aromatic carbocycles. The number of hydrogen-bond acceptors (Lipinski definition) is 2. The molecule has 3 nitrogen and oxygen atoms in total. The molecule has 2 unspecified atom stereocenters. The van der Waals surface area contributed by atoms with E-state index in [0.29, 0.717) is 0 Å². The SMILES string of the molecule is CC1CCCC1CNc1cccc2nccn12. The van der Waals surface area contributed by atoms with Crippen LogP contribution >= 0.6 is 0 Å². The van der Waals surface area contributed by atoms with Gasteiger partial charge in [-0.2, -0.15) is 0 Å². The van der Waals surface area contributed by atoms with Gasteiger partial charge in [0.2, 0.25) is 0 Å². The predicted molar refractivity (Wildman–Crippen MR) is 70.2 cm³/mol. The fourth-order valence-corrected chi connectivity index (χ4v) is 2.85. The standard InChI is InChI=1S/C14H19N3/c1-11-4-2-5-12(11)10-16-14-7-3-6-13-15-8-9-17(13)14/h3,6-9,11-12,16H,2,4-5,10H2,1H3. The smallest absolute Gasteiger partial charge is 0.138 e. The minimum absolute atomic E-state index is 0.828. The summed E-state index contributed by atoms with van der Waals surface area (Å²) < 4.78 is 2.11. The average Bonchev–Trinajstić information content (AvgIpc) is 2.95. The van der Waals surface area contributed by atoms with Gasteiger partial charge in [-0.3, -0.25) is 4.40 Å².